The van der Waals surface area contributed by atoms with Crippen LogP contribution < -0.4 is 4.90 Å². The Morgan fingerprint density at radius 3 is 2.94 bits per heavy atom. The van der Waals surface area contributed by atoms with E-state index in [-0.39, 0.29) is 13.2 Å². The predicted molar refractivity (Wildman–Crippen MR) is 68.6 cm³/mol. The number of anilines is 1. The minimum atomic E-state index is -0.0249. The first-order valence-electron chi connectivity index (χ1n) is 5.72. The molecule has 0 spiro atoms. The Morgan fingerprint density at radius 1 is 1.47 bits per heavy atom. The van der Waals surface area contributed by atoms with Gasteiger partial charge in [-0.3, -0.25) is 4.40 Å². The lowest BCUT2D eigenvalue weighted by atomic mass is 10.3. The van der Waals surface area contributed by atoms with Crippen molar-refractivity contribution >= 4 is 22.1 Å². The summed E-state index contributed by atoms with van der Waals surface area (Å²) in [6.07, 6.45) is 2.63. The van der Waals surface area contributed by atoms with Gasteiger partial charge in [0.25, 0.3) is 0 Å². The second-order valence-electron chi connectivity index (χ2n) is 3.75. The lowest BCUT2D eigenvalue weighted by Crippen LogP contribution is -2.26. The Labute approximate surface area is 104 Å². The third-order valence-corrected chi connectivity index (χ3v) is 3.51. The fourth-order valence-corrected chi connectivity index (χ4v) is 2.62. The second-order valence-corrected chi connectivity index (χ2v) is 4.63. The van der Waals surface area contributed by atoms with E-state index in [1.165, 1.54) is 0 Å². The van der Waals surface area contributed by atoms with Crippen molar-refractivity contribution < 1.29 is 10.2 Å². The van der Waals surface area contributed by atoms with Gasteiger partial charge in [-0.15, -0.1) is 11.3 Å². The van der Waals surface area contributed by atoms with Gasteiger partial charge in [0.1, 0.15) is 0 Å². The van der Waals surface area contributed by atoms with Crippen molar-refractivity contribution in [3.05, 3.63) is 17.3 Å². The SMILES string of the molecule is CCN(CCCO)c1nc2sccn2c1CO. The molecule has 2 rings (SSSR count). The highest BCUT2D eigenvalue weighted by molar-refractivity contribution is 7.15. The number of hydrogen-bond donors (Lipinski definition) is 2. The third kappa shape index (κ3) is 2.29. The van der Waals surface area contributed by atoms with E-state index in [2.05, 4.69) is 9.88 Å². The summed E-state index contributed by atoms with van der Waals surface area (Å²) in [4.78, 5) is 7.51. The van der Waals surface area contributed by atoms with Gasteiger partial charge in [0.05, 0.1) is 12.3 Å². The molecule has 5 nitrogen and oxygen atoms in total. The average molecular weight is 255 g/mol. The van der Waals surface area contributed by atoms with Crippen molar-refractivity contribution in [2.75, 3.05) is 24.6 Å². The molecule has 17 heavy (non-hydrogen) atoms. The molecule has 2 heterocycles. The monoisotopic (exact) mass is 255 g/mol. The van der Waals surface area contributed by atoms with Crippen LogP contribution in [0.25, 0.3) is 4.96 Å². The van der Waals surface area contributed by atoms with Gasteiger partial charge in [0, 0.05) is 31.3 Å². The maximum Gasteiger partial charge on any atom is 0.195 e. The lowest BCUT2D eigenvalue weighted by Gasteiger charge is -2.21. The Kier molecular flexibility index (Phi) is 3.98. The van der Waals surface area contributed by atoms with Crippen LogP contribution in [0.3, 0.4) is 0 Å². The lowest BCUT2D eigenvalue weighted by molar-refractivity contribution is 0.275. The normalized spacial score (nSPS) is 11.2. The molecule has 94 valence electrons. The fourth-order valence-electron chi connectivity index (χ4n) is 1.90. The van der Waals surface area contributed by atoms with E-state index in [0.29, 0.717) is 6.42 Å². The molecule has 0 radical (unpaired) electrons. The number of aromatic nitrogens is 2. The summed E-state index contributed by atoms with van der Waals surface area (Å²) in [5, 5.41) is 20.3. The highest BCUT2D eigenvalue weighted by Crippen LogP contribution is 2.24. The van der Waals surface area contributed by atoms with Crippen LogP contribution >= 0.6 is 11.3 Å². The number of thiazole rings is 1. The van der Waals surface area contributed by atoms with Crippen LogP contribution in [0.5, 0.6) is 0 Å². The van der Waals surface area contributed by atoms with Crippen LogP contribution in [0.4, 0.5) is 5.82 Å². The molecule has 0 saturated heterocycles. The summed E-state index contributed by atoms with van der Waals surface area (Å²) in [5.41, 5.74) is 0.820. The highest BCUT2D eigenvalue weighted by Gasteiger charge is 2.16. The van der Waals surface area contributed by atoms with Gasteiger partial charge >= 0.3 is 0 Å². The highest BCUT2D eigenvalue weighted by atomic mass is 32.1. The summed E-state index contributed by atoms with van der Waals surface area (Å²) in [7, 11) is 0. The van der Waals surface area contributed by atoms with Crippen LogP contribution in [0.2, 0.25) is 0 Å². The summed E-state index contributed by atoms with van der Waals surface area (Å²) in [6.45, 7) is 3.77. The minimum absolute atomic E-state index is 0.0249. The Hall–Kier alpha value is -1.11. The first-order valence-corrected chi connectivity index (χ1v) is 6.60. The molecule has 0 saturated carbocycles. The number of rotatable bonds is 6. The van der Waals surface area contributed by atoms with Crippen LogP contribution in [-0.2, 0) is 6.61 Å². The Bertz CT molecular complexity index is 480. The fraction of sp³-hybridized carbons (Fsp3) is 0.545. The summed E-state index contributed by atoms with van der Waals surface area (Å²) in [6, 6.07) is 0. The molecule has 2 aromatic rings. The van der Waals surface area contributed by atoms with Gasteiger partial charge in [0.15, 0.2) is 10.8 Å². The molecule has 0 unspecified atom stereocenters. The second kappa shape index (κ2) is 5.48. The van der Waals surface area contributed by atoms with Gasteiger partial charge in [-0.2, -0.15) is 0 Å². The number of hydrogen-bond acceptors (Lipinski definition) is 5. The van der Waals surface area contributed by atoms with Gasteiger partial charge in [-0.1, -0.05) is 0 Å². The molecular weight excluding hydrogens is 238 g/mol. The zero-order valence-electron chi connectivity index (χ0n) is 9.83. The maximum atomic E-state index is 9.46. The standard InChI is InChI=1S/C11H17N3O2S/c1-2-13(4-3-6-15)10-9(8-16)14-5-7-17-11(14)12-10/h5,7,15-16H,2-4,6,8H2,1H3. The first-order chi connectivity index (χ1) is 8.31. The van der Waals surface area contributed by atoms with Crippen molar-refractivity contribution in [3.8, 4) is 0 Å². The van der Waals surface area contributed by atoms with Crippen LogP contribution in [-0.4, -0.2) is 39.3 Å². The number of aliphatic hydroxyl groups excluding tert-OH is 2. The molecule has 2 N–H and O–H groups in total. The maximum absolute atomic E-state index is 9.46. The molecule has 0 aromatic carbocycles. The van der Waals surface area contributed by atoms with Gasteiger partial charge in [0.2, 0.25) is 0 Å². The Morgan fingerprint density at radius 2 is 2.29 bits per heavy atom. The number of nitrogens with zero attached hydrogens (tertiary/aromatic N) is 3. The minimum Gasteiger partial charge on any atom is -0.396 e. The molecule has 0 fully saturated rings. The number of fused-ring (bicyclic) bond motifs is 1. The van der Waals surface area contributed by atoms with Crippen LogP contribution in [0.1, 0.15) is 19.0 Å². The zero-order chi connectivity index (χ0) is 12.3. The Balaban J connectivity index is 2.34. The van der Waals surface area contributed by atoms with Crippen LogP contribution in [0, 0.1) is 0 Å². The quantitative estimate of drug-likeness (QED) is 0.811. The molecule has 0 aliphatic heterocycles. The number of aliphatic hydroxyl groups is 2. The molecule has 0 amide bonds. The molecule has 0 bridgehead atoms. The molecule has 0 aliphatic carbocycles. The van der Waals surface area contributed by atoms with Crippen molar-refractivity contribution in [1.82, 2.24) is 9.38 Å². The van der Waals surface area contributed by atoms with E-state index < -0.39 is 0 Å². The summed E-state index contributed by atoms with van der Waals surface area (Å²) < 4.78 is 1.92. The smallest absolute Gasteiger partial charge is 0.195 e. The van der Waals surface area contributed by atoms with E-state index in [1.807, 2.05) is 22.9 Å². The van der Waals surface area contributed by atoms with E-state index in [1.54, 1.807) is 11.3 Å². The molecule has 0 atom stereocenters. The molecule has 2 aromatic heterocycles. The third-order valence-electron chi connectivity index (χ3n) is 2.76. The van der Waals surface area contributed by atoms with Gasteiger partial charge in [-0.05, 0) is 13.3 Å². The summed E-state index contributed by atoms with van der Waals surface area (Å²) >= 11 is 1.55. The van der Waals surface area contributed by atoms with Crippen LogP contribution in [0.15, 0.2) is 11.6 Å². The van der Waals surface area contributed by atoms with Crippen molar-refractivity contribution in [1.29, 1.82) is 0 Å². The van der Waals surface area contributed by atoms with Gasteiger partial charge < -0.3 is 15.1 Å². The number of imidazole rings is 1. The zero-order valence-corrected chi connectivity index (χ0v) is 10.7. The van der Waals surface area contributed by atoms with E-state index in [4.69, 9.17) is 5.11 Å². The summed E-state index contributed by atoms with van der Waals surface area (Å²) in [5.74, 6) is 0.829. The van der Waals surface area contributed by atoms with Crippen molar-refractivity contribution in [2.24, 2.45) is 0 Å². The largest absolute Gasteiger partial charge is 0.396 e. The topological polar surface area (TPSA) is 61.0 Å². The molecular formula is C11H17N3O2S. The average Bonchev–Trinajstić information content (AvgIpc) is 2.90. The van der Waals surface area contributed by atoms with E-state index >= 15 is 0 Å². The van der Waals surface area contributed by atoms with Crippen molar-refractivity contribution in [2.45, 2.75) is 20.0 Å². The van der Waals surface area contributed by atoms with E-state index in [0.717, 1.165) is 29.6 Å². The predicted octanol–water partition coefficient (Wildman–Crippen LogP) is 1.10. The van der Waals surface area contributed by atoms with E-state index in [9.17, 15) is 5.11 Å². The van der Waals surface area contributed by atoms with Gasteiger partial charge in [-0.25, -0.2) is 4.98 Å². The molecule has 6 heteroatoms. The van der Waals surface area contributed by atoms with Crippen molar-refractivity contribution in [3.63, 3.8) is 0 Å². The first kappa shape index (κ1) is 12.3. The molecule has 0 aliphatic rings.